The summed E-state index contributed by atoms with van der Waals surface area (Å²) in [5.41, 5.74) is 0.453. The summed E-state index contributed by atoms with van der Waals surface area (Å²) >= 11 is 3.36. The molecule has 0 atom stereocenters. The number of rotatable bonds is 6. The number of nitrogens with zero attached hydrogens (tertiary/aromatic N) is 2. The topological polar surface area (TPSA) is 118 Å². The van der Waals surface area contributed by atoms with Gasteiger partial charge in [0, 0.05) is 28.2 Å². The molecule has 1 heterocycles. The smallest absolute Gasteiger partial charge is 0.271 e. The lowest BCUT2D eigenvalue weighted by atomic mass is 10.2. The summed E-state index contributed by atoms with van der Waals surface area (Å²) in [6, 6.07) is 16.4. The van der Waals surface area contributed by atoms with Gasteiger partial charge in [-0.25, -0.2) is 0 Å². The number of nitro benzene ring substituents is 1. The molecule has 0 aliphatic carbocycles. The number of nitrogens with one attached hydrogen (secondary N) is 1. The lowest BCUT2D eigenvalue weighted by Crippen LogP contribution is -2.14. The second-order valence-corrected chi connectivity index (χ2v) is 6.89. The summed E-state index contributed by atoms with van der Waals surface area (Å²) < 4.78 is 11.7. The Kier molecular flexibility index (Phi) is 6.29. The van der Waals surface area contributed by atoms with Gasteiger partial charge in [0.2, 0.25) is 0 Å². The molecule has 0 bridgehead atoms. The maximum Gasteiger partial charge on any atom is 0.271 e. The number of methoxy groups -OCH3 is 1. The molecule has 150 valence electrons. The van der Waals surface area contributed by atoms with Gasteiger partial charge in [-0.05, 0) is 30.3 Å². The molecule has 0 radical (unpaired) electrons. The van der Waals surface area contributed by atoms with Gasteiger partial charge in [-0.2, -0.15) is 5.26 Å². The largest absolute Gasteiger partial charge is 0.495 e. The number of carbonyl (C=O) groups is 1. The van der Waals surface area contributed by atoms with Crippen LogP contribution in [0.15, 0.2) is 69.1 Å². The van der Waals surface area contributed by atoms with Crippen molar-refractivity contribution in [2.45, 2.75) is 0 Å². The van der Waals surface area contributed by atoms with Gasteiger partial charge in [0.25, 0.3) is 11.6 Å². The average Bonchev–Trinajstić information content (AvgIpc) is 3.21. The predicted octanol–water partition coefficient (Wildman–Crippen LogP) is 5.17. The lowest BCUT2D eigenvalue weighted by Gasteiger charge is -2.09. The fourth-order valence-electron chi connectivity index (χ4n) is 2.59. The number of carbonyl (C=O) groups excluding carboxylic acids is 1. The van der Waals surface area contributed by atoms with Gasteiger partial charge >= 0.3 is 0 Å². The molecule has 0 unspecified atom stereocenters. The van der Waals surface area contributed by atoms with Crippen LogP contribution in [0.4, 0.5) is 11.4 Å². The highest BCUT2D eigenvalue weighted by molar-refractivity contribution is 9.10. The molecule has 3 aromatic rings. The normalized spacial score (nSPS) is 10.9. The van der Waals surface area contributed by atoms with E-state index in [4.69, 9.17) is 9.15 Å². The van der Waals surface area contributed by atoms with Crippen LogP contribution >= 0.6 is 15.9 Å². The Hall–Kier alpha value is -3.90. The van der Waals surface area contributed by atoms with Crippen molar-refractivity contribution in [2.24, 2.45) is 0 Å². The Morgan fingerprint density at radius 3 is 2.60 bits per heavy atom. The number of nitriles is 1. The molecule has 0 aliphatic rings. The minimum absolute atomic E-state index is 0.0767. The minimum atomic E-state index is -0.752. The molecular weight excluding hydrogens is 454 g/mol. The van der Waals surface area contributed by atoms with E-state index in [0.29, 0.717) is 11.5 Å². The number of halogens is 1. The molecule has 0 spiro atoms. The number of amides is 1. The fraction of sp³-hybridized carbons (Fsp3) is 0.0476. The Bertz CT molecular complexity index is 1180. The highest BCUT2D eigenvalue weighted by atomic mass is 79.9. The van der Waals surface area contributed by atoms with Crippen LogP contribution in [0, 0.1) is 21.4 Å². The third-order valence-corrected chi connectivity index (χ3v) is 4.58. The van der Waals surface area contributed by atoms with E-state index in [9.17, 15) is 20.2 Å². The molecular formula is C21H14BrN3O5. The number of furan rings is 1. The van der Waals surface area contributed by atoms with Crippen LogP contribution in [-0.2, 0) is 4.79 Å². The van der Waals surface area contributed by atoms with E-state index < -0.39 is 10.8 Å². The molecule has 0 saturated carbocycles. The predicted molar refractivity (Wildman–Crippen MR) is 114 cm³/mol. The van der Waals surface area contributed by atoms with Crippen molar-refractivity contribution in [3.05, 3.63) is 80.5 Å². The number of hydrogen-bond acceptors (Lipinski definition) is 6. The van der Waals surface area contributed by atoms with E-state index in [1.807, 2.05) is 30.3 Å². The average molecular weight is 468 g/mol. The SMILES string of the molecule is COc1ccc([N+](=O)[O-])cc1NC(=O)C(C#N)=Cc1ccc(-c2ccc(Br)cc2)o1. The quantitative estimate of drug-likeness (QED) is 0.231. The van der Waals surface area contributed by atoms with Crippen molar-refractivity contribution in [1.82, 2.24) is 0 Å². The first-order chi connectivity index (χ1) is 14.4. The highest BCUT2D eigenvalue weighted by Gasteiger charge is 2.17. The maximum absolute atomic E-state index is 12.5. The van der Waals surface area contributed by atoms with Crippen LogP contribution in [0.5, 0.6) is 5.75 Å². The van der Waals surface area contributed by atoms with E-state index in [1.54, 1.807) is 12.1 Å². The number of anilines is 1. The van der Waals surface area contributed by atoms with Gasteiger partial charge in [0.1, 0.15) is 28.9 Å². The van der Waals surface area contributed by atoms with Crippen molar-refractivity contribution >= 4 is 39.3 Å². The van der Waals surface area contributed by atoms with Gasteiger partial charge in [-0.1, -0.05) is 28.1 Å². The van der Waals surface area contributed by atoms with Gasteiger partial charge in [-0.3, -0.25) is 14.9 Å². The third kappa shape index (κ3) is 4.74. The molecule has 1 aromatic heterocycles. The highest BCUT2D eigenvalue weighted by Crippen LogP contribution is 2.30. The van der Waals surface area contributed by atoms with E-state index in [1.165, 1.54) is 25.3 Å². The second-order valence-electron chi connectivity index (χ2n) is 5.97. The summed E-state index contributed by atoms with van der Waals surface area (Å²) in [6.07, 6.45) is 1.29. The van der Waals surface area contributed by atoms with Crippen LogP contribution < -0.4 is 10.1 Å². The van der Waals surface area contributed by atoms with Crippen LogP contribution in [0.25, 0.3) is 17.4 Å². The number of ether oxygens (including phenoxy) is 1. The first-order valence-electron chi connectivity index (χ1n) is 8.52. The second kappa shape index (κ2) is 9.07. The maximum atomic E-state index is 12.5. The molecule has 0 aliphatic heterocycles. The van der Waals surface area contributed by atoms with Crippen LogP contribution in [0.3, 0.4) is 0 Å². The van der Waals surface area contributed by atoms with Crippen LogP contribution in [-0.4, -0.2) is 17.9 Å². The van der Waals surface area contributed by atoms with E-state index in [-0.39, 0.29) is 22.7 Å². The van der Waals surface area contributed by atoms with Crippen LogP contribution in [0.1, 0.15) is 5.76 Å². The van der Waals surface area contributed by atoms with Crippen molar-refractivity contribution < 1.29 is 18.9 Å². The number of hydrogen-bond donors (Lipinski definition) is 1. The zero-order chi connectivity index (χ0) is 21.7. The fourth-order valence-corrected chi connectivity index (χ4v) is 2.85. The minimum Gasteiger partial charge on any atom is -0.495 e. The molecule has 1 N–H and O–H groups in total. The van der Waals surface area contributed by atoms with Gasteiger partial charge in [-0.15, -0.1) is 0 Å². The van der Waals surface area contributed by atoms with Crippen molar-refractivity contribution in [3.8, 4) is 23.1 Å². The molecule has 1 amide bonds. The number of non-ortho nitro benzene ring substituents is 1. The molecule has 0 saturated heterocycles. The number of benzene rings is 2. The first kappa shape index (κ1) is 20.8. The molecule has 8 nitrogen and oxygen atoms in total. The summed E-state index contributed by atoms with van der Waals surface area (Å²) in [7, 11) is 1.37. The first-order valence-corrected chi connectivity index (χ1v) is 9.32. The molecule has 30 heavy (non-hydrogen) atoms. The zero-order valence-corrected chi connectivity index (χ0v) is 17.2. The summed E-state index contributed by atoms with van der Waals surface area (Å²) in [5, 5.41) is 22.8. The zero-order valence-electron chi connectivity index (χ0n) is 15.6. The van der Waals surface area contributed by atoms with Gasteiger partial charge in [0.15, 0.2) is 0 Å². The summed E-state index contributed by atoms with van der Waals surface area (Å²) in [6.45, 7) is 0. The van der Waals surface area contributed by atoms with E-state index in [2.05, 4.69) is 21.2 Å². The summed E-state index contributed by atoms with van der Waals surface area (Å²) in [4.78, 5) is 22.9. The summed E-state index contributed by atoms with van der Waals surface area (Å²) in [5.74, 6) is 0.358. The van der Waals surface area contributed by atoms with Gasteiger partial charge in [0.05, 0.1) is 17.7 Å². The monoisotopic (exact) mass is 467 g/mol. The van der Waals surface area contributed by atoms with Crippen molar-refractivity contribution in [3.63, 3.8) is 0 Å². The lowest BCUT2D eigenvalue weighted by molar-refractivity contribution is -0.384. The Morgan fingerprint density at radius 1 is 1.23 bits per heavy atom. The standard InChI is InChI=1S/C21H14BrN3O5/c1-29-20-8-6-16(25(27)28)11-18(20)24-21(26)14(12-23)10-17-7-9-19(30-17)13-2-4-15(22)5-3-13/h2-11H,1H3,(H,24,26). The Morgan fingerprint density at radius 2 is 1.97 bits per heavy atom. The number of nitro groups is 1. The molecule has 2 aromatic carbocycles. The van der Waals surface area contributed by atoms with E-state index in [0.717, 1.165) is 16.1 Å². The van der Waals surface area contributed by atoms with Gasteiger partial charge < -0.3 is 14.5 Å². The van der Waals surface area contributed by atoms with E-state index >= 15 is 0 Å². The molecule has 0 fully saturated rings. The third-order valence-electron chi connectivity index (χ3n) is 4.05. The molecule has 9 heteroatoms. The van der Waals surface area contributed by atoms with Crippen molar-refractivity contribution in [1.29, 1.82) is 5.26 Å². The van der Waals surface area contributed by atoms with Crippen LogP contribution in [0.2, 0.25) is 0 Å². The Balaban J connectivity index is 1.84. The Labute approximate surface area is 179 Å². The molecule has 3 rings (SSSR count). The van der Waals surface area contributed by atoms with Crippen molar-refractivity contribution in [2.75, 3.05) is 12.4 Å².